The minimum Gasteiger partial charge on any atom is -0.478 e. The second-order valence-electron chi connectivity index (χ2n) is 2.41. The van der Waals surface area contributed by atoms with Crippen molar-refractivity contribution >= 4 is 11.8 Å². The molecule has 0 amide bonds. The summed E-state index contributed by atoms with van der Waals surface area (Å²) in [5.74, 6) is 0.398. The molecular weight excluding hydrogens is 188 g/mol. The van der Waals surface area contributed by atoms with Crippen molar-refractivity contribution in [2.45, 2.75) is 12.1 Å². The molecule has 0 aliphatic carbocycles. The van der Waals surface area contributed by atoms with Crippen LogP contribution in [-0.2, 0) is 7.05 Å². The lowest BCUT2D eigenvalue weighted by Gasteiger charge is -2.06. The molecule has 0 saturated heterocycles. The summed E-state index contributed by atoms with van der Waals surface area (Å²) in [4.78, 5) is 15.5. The Kier molecular flexibility index (Phi) is 3.36. The summed E-state index contributed by atoms with van der Waals surface area (Å²) < 4.78 is 6.64. The van der Waals surface area contributed by atoms with E-state index in [1.54, 1.807) is 7.05 Å². The first kappa shape index (κ1) is 10.1. The molecule has 0 N–H and O–H groups in total. The first-order valence-corrected chi connectivity index (χ1v) is 5.16. The number of nitrogens with zero attached hydrogens (tertiary/aromatic N) is 2. The van der Waals surface area contributed by atoms with Crippen LogP contribution >= 0.6 is 11.8 Å². The molecule has 0 atom stereocenters. The normalized spacial score (nSPS) is 10.1. The van der Waals surface area contributed by atoms with Crippen LogP contribution in [0.2, 0.25) is 0 Å². The van der Waals surface area contributed by atoms with Gasteiger partial charge in [0.15, 0.2) is 5.16 Å². The maximum Gasteiger partial charge on any atom is 0.257 e. The molecule has 72 valence electrons. The highest BCUT2D eigenvalue weighted by molar-refractivity contribution is 7.98. The van der Waals surface area contributed by atoms with Gasteiger partial charge in [0.1, 0.15) is 0 Å². The third-order valence-corrected chi connectivity index (χ3v) is 2.28. The summed E-state index contributed by atoms with van der Waals surface area (Å²) in [6.07, 6.45) is 1.87. The molecule has 0 spiro atoms. The third-order valence-electron chi connectivity index (χ3n) is 1.55. The van der Waals surface area contributed by atoms with Gasteiger partial charge in [-0.15, -0.1) is 0 Å². The van der Waals surface area contributed by atoms with Crippen molar-refractivity contribution in [2.24, 2.45) is 7.05 Å². The number of hydrogen-bond acceptors (Lipinski definition) is 4. The van der Waals surface area contributed by atoms with E-state index in [0.717, 1.165) is 0 Å². The quantitative estimate of drug-likeness (QED) is 0.537. The Labute approximate surface area is 80.9 Å². The first-order valence-electron chi connectivity index (χ1n) is 3.94. The Morgan fingerprint density at radius 1 is 1.69 bits per heavy atom. The topological polar surface area (TPSA) is 44.1 Å². The fraction of sp³-hybridized carbons (Fsp3) is 0.500. The standard InChI is InChI=1S/C8H12N2O2S/c1-4-12-6-5-7(11)10(2)8(9-6)13-3/h5H,4H2,1-3H3. The number of rotatable bonds is 3. The number of aromatic nitrogens is 2. The molecule has 4 nitrogen and oxygen atoms in total. The van der Waals surface area contributed by atoms with Crippen LogP contribution in [0.4, 0.5) is 0 Å². The molecule has 13 heavy (non-hydrogen) atoms. The Hall–Kier alpha value is -0.970. The maximum atomic E-state index is 11.3. The summed E-state index contributed by atoms with van der Waals surface area (Å²) in [5, 5.41) is 0.663. The molecule has 5 heteroatoms. The largest absolute Gasteiger partial charge is 0.478 e. The lowest BCUT2D eigenvalue weighted by atomic mass is 10.6. The zero-order chi connectivity index (χ0) is 9.84. The second-order valence-corrected chi connectivity index (χ2v) is 3.18. The monoisotopic (exact) mass is 200 g/mol. The fourth-order valence-corrected chi connectivity index (χ4v) is 1.45. The smallest absolute Gasteiger partial charge is 0.257 e. The van der Waals surface area contributed by atoms with Crippen molar-refractivity contribution in [3.05, 3.63) is 16.4 Å². The van der Waals surface area contributed by atoms with Gasteiger partial charge in [-0.2, -0.15) is 4.98 Å². The molecule has 0 saturated carbocycles. The molecule has 0 aliphatic heterocycles. The first-order chi connectivity index (χ1) is 6.19. The Morgan fingerprint density at radius 2 is 2.38 bits per heavy atom. The molecule has 0 aromatic carbocycles. The van der Waals surface area contributed by atoms with E-state index >= 15 is 0 Å². The zero-order valence-corrected chi connectivity index (χ0v) is 8.72. The van der Waals surface area contributed by atoms with Gasteiger partial charge in [-0.1, -0.05) is 11.8 Å². The van der Waals surface area contributed by atoms with Crippen LogP contribution in [0.5, 0.6) is 5.88 Å². The van der Waals surface area contributed by atoms with Crippen molar-refractivity contribution in [1.82, 2.24) is 9.55 Å². The summed E-state index contributed by atoms with van der Waals surface area (Å²) in [6, 6.07) is 1.39. The summed E-state index contributed by atoms with van der Waals surface area (Å²) >= 11 is 1.42. The third kappa shape index (κ3) is 2.24. The van der Waals surface area contributed by atoms with Gasteiger partial charge in [0.05, 0.1) is 12.7 Å². The van der Waals surface area contributed by atoms with Gasteiger partial charge < -0.3 is 4.74 Å². The fourth-order valence-electron chi connectivity index (χ4n) is 0.903. The minimum absolute atomic E-state index is 0.0946. The van der Waals surface area contributed by atoms with E-state index in [4.69, 9.17) is 4.74 Å². The van der Waals surface area contributed by atoms with E-state index in [0.29, 0.717) is 17.6 Å². The predicted octanol–water partition coefficient (Wildman–Crippen LogP) is 0.901. The van der Waals surface area contributed by atoms with Crippen LogP contribution in [0, 0.1) is 0 Å². The van der Waals surface area contributed by atoms with Crippen LogP contribution in [0.3, 0.4) is 0 Å². The molecule has 1 rings (SSSR count). The van der Waals surface area contributed by atoms with E-state index in [1.807, 2.05) is 13.2 Å². The van der Waals surface area contributed by atoms with Gasteiger partial charge >= 0.3 is 0 Å². The average Bonchev–Trinajstić information content (AvgIpc) is 2.11. The van der Waals surface area contributed by atoms with Crippen LogP contribution in [0.15, 0.2) is 16.0 Å². The molecule has 0 aliphatic rings. The average molecular weight is 200 g/mol. The summed E-state index contributed by atoms with van der Waals surface area (Å²) in [5.41, 5.74) is -0.0946. The Bertz CT molecular complexity index is 348. The van der Waals surface area contributed by atoms with Crippen molar-refractivity contribution in [2.75, 3.05) is 12.9 Å². The van der Waals surface area contributed by atoms with E-state index in [2.05, 4.69) is 4.98 Å². The van der Waals surface area contributed by atoms with Crippen LogP contribution in [0.25, 0.3) is 0 Å². The van der Waals surface area contributed by atoms with Gasteiger partial charge in [0.25, 0.3) is 5.56 Å². The van der Waals surface area contributed by atoms with Crippen molar-refractivity contribution in [3.8, 4) is 5.88 Å². The van der Waals surface area contributed by atoms with E-state index in [1.165, 1.54) is 22.4 Å². The maximum absolute atomic E-state index is 11.3. The summed E-state index contributed by atoms with van der Waals surface area (Å²) in [6.45, 7) is 2.38. The Morgan fingerprint density at radius 3 is 2.92 bits per heavy atom. The van der Waals surface area contributed by atoms with Crippen LogP contribution in [-0.4, -0.2) is 22.4 Å². The predicted molar refractivity (Wildman–Crippen MR) is 52.4 cm³/mol. The molecule has 0 bridgehead atoms. The highest BCUT2D eigenvalue weighted by Crippen LogP contribution is 2.12. The van der Waals surface area contributed by atoms with E-state index in [9.17, 15) is 4.79 Å². The second kappa shape index (κ2) is 4.32. The highest BCUT2D eigenvalue weighted by Gasteiger charge is 2.04. The van der Waals surface area contributed by atoms with Gasteiger partial charge in [0.2, 0.25) is 5.88 Å². The van der Waals surface area contributed by atoms with Crippen LogP contribution < -0.4 is 10.3 Å². The number of ether oxygens (including phenoxy) is 1. The van der Waals surface area contributed by atoms with Crippen molar-refractivity contribution in [1.29, 1.82) is 0 Å². The van der Waals surface area contributed by atoms with Gasteiger partial charge in [-0.3, -0.25) is 9.36 Å². The van der Waals surface area contributed by atoms with E-state index < -0.39 is 0 Å². The Balaban J connectivity index is 3.14. The molecule has 1 heterocycles. The minimum atomic E-state index is -0.0946. The van der Waals surface area contributed by atoms with Gasteiger partial charge in [-0.25, -0.2) is 0 Å². The van der Waals surface area contributed by atoms with Crippen LogP contribution in [0.1, 0.15) is 6.92 Å². The lowest BCUT2D eigenvalue weighted by Crippen LogP contribution is -2.19. The SMILES string of the molecule is CCOc1cc(=O)n(C)c(SC)n1. The lowest BCUT2D eigenvalue weighted by molar-refractivity contribution is 0.320. The molecule has 0 radical (unpaired) electrons. The summed E-state index contributed by atoms with van der Waals surface area (Å²) in [7, 11) is 1.69. The van der Waals surface area contributed by atoms with Gasteiger partial charge in [0, 0.05) is 7.05 Å². The molecule has 0 fully saturated rings. The molecular formula is C8H12N2O2S. The molecule has 0 unspecified atom stereocenters. The van der Waals surface area contributed by atoms with E-state index in [-0.39, 0.29) is 5.56 Å². The van der Waals surface area contributed by atoms with Crippen molar-refractivity contribution < 1.29 is 4.74 Å². The zero-order valence-electron chi connectivity index (χ0n) is 7.90. The van der Waals surface area contributed by atoms with Gasteiger partial charge in [-0.05, 0) is 13.2 Å². The molecule has 1 aromatic heterocycles. The number of hydrogen-bond donors (Lipinski definition) is 0. The highest BCUT2D eigenvalue weighted by atomic mass is 32.2. The number of thioether (sulfide) groups is 1. The molecule has 1 aromatic rings. The van der Waals surface area contributed by atoms with Crippen molar-refractivity contribution in [3.63, 3.8) is 0 Å².